The van der Waals surface area contributed by atoms with Gasteiger partial charge in [-0.2, -0.15) is 5.10 Å². The number of carbonyl (C=O) groups excluding carboxylic acids is 1. The van der Waals surface area contributed by atoms with E-state index in [1.807, 2.05) is 13.1 Å². The molecule has 1 aliphatic rings. The van der Waals surface area contributed by atoms with Crippen molar-refractivity contribution in [2.24, 2.45) is 0 Å². The van der Waals surface area contributed by atoms with Crippen LogP contribution in [-0.4, -0.2) is 22.6 Å². The molecule has 2 aromatic rings. The minimum atomic E-state index is 0.0654. The van der Waals surface area contributed by atoms with Gasteiger partial charge in [-0.15, -0.1) is 11.3 Å². The van der Waals surface area contributed by atoms with Gasteiger partial charge < -0.3 is 5.32 Å². The van der Waals surface area contributed by atoms with Gasteiger partial charge in [-0.1, -0.05) is 0 Å². The van der Waals surface area contributed by atoms with Gasteiger partial charge in [0.05, 0.1) is 12.1 Å². The van der Waals surface area contributed by atoms with Gasteiger partial charge in [-0.25, -0.2) is 0 Å². The lowest BCUT2D eigenvalue weighted by molar-refractivity contribution is -0.122. The first-order chi connectivity index (χ1) is 10.3. The zero-order chi connectivity index (χ0) is 14.7. The summed E-state index contributed by atoms with van der Waals surface area (Å²) < 4.78 is 0. The Kier molecular flexibility index (Phi) is 4.39. The quantitative estimate of drug-likeness (QED) is 0.834. The van der Waals surface area contributed by atoms with E-state index in [1.165, 1.54) is 16.0 Å². The lowest BCUT2D eigenvalue weighted by Crippen LogP contribution is -2.31. The van der Waals surface area contributed by atoms with Gasteiger partial charge in [0.15, 0.2) is 0 Å². The highest BCUT2D eigenvalue weighted by Crippen LogP contribution is 2.34. The van der Waals surface area contributed by atoms with E-state index >= 15 is 0 Å². The van der Waals surface area contributed by atoms with Crippen LogP contribution in [0.5, 0.6) is 0 Å². The smallest absolute Gasteiger partial charge is 0.227 e. The molecule has 1 unspecified atom stereocenters. The molecule has 1 amide bonds. The molecule has 1 aliphatic carbocycles. The van der Waals surface area contributed by atoms with Gasteiger partial charge in [-0.05, 0) is 61.6 Å². The maximum atomic E-state index is 12.4. The molecule has 0 radical (unpaired) electrons. The number of fused-ring (bicyclic) bond motifs is 1. The highest BCUT2D eigenvalue weighted by molar-refractivity contribution is 7.10. The third-order valence-corrected chi connectivity index (χ3v) is 5.22. The molecule has 3 rings (SSSR count). The van der Waals surface area contributed by atoms with Crippen LogP contribution in [0, 0.1) is 6.92 Å². The van der Waals surface area contributed by atoms with Gasteiger partial charge in [0.1, 0.15) is 0 Å². The predicted octanol–water partition coefficient (Wildman–Crippen LogP) is 2.95. The molecule has 0 aliphatic heterocycles. The fourth-order valence-corrected chi connectivity index (χ4v) is 3.99. The van der Waals surface area contributed by atoms with Crippen LogP contribution in [0.15, 0.2) is 17.6 Å². The van der Waals surface area contributed by atoms with E-state index in [9.17, 15) is 4.79 Å². The second-order valence-electron chi connectivity index (χ2n) is 5.66. The molecule has 2 heterocycles. The fourth-order valence-electron chi connectivity index (χ4n) is 3.00. The molecule has 2 aromatic heterocycles. The van der Waals surface area contributed by atoms with Crippen molar-refractivity contribution in [3.63, 3.8) is 0 Å². The summed E-state index contributed by atoms with van der Waals surface area (Å²) >= 11 is 1.78. The van der Waals surface area contributed by atoms with Crippen LogP contribution in [0.2, 0.25) is 0 Å². The first-order valence-electron chi connectivity index (χ1n) is 7.58. The molecule has 0 saturated heterocycles. The number of rotatable bonds is 5. The Morgan fingerprint density at radius 2 is 2.48 bits per heavy atom. The number of amides is 1. The predicted molar refractivity (Wildman–Crippen MR) is 84.7 cm³/mol. The summed E-state index contributed by atoms with van der Waals surface area (Å²) in [4.78, 5) is 13.8. The molecule has 0 bridgehead atoms. The fraction of sp³-hybridized carbons (Fsp3) is 0.500. The van der Waals surface area contributed by atoms with Crippen molar-refractivity contribution >= 4 is 17.2 Å². The largest absolute Gasteiger partial charge is 0.356 e. The molecule has 112 valence electrons. The van der Waals surface area contributed by atoms with Gasteiger partial charge in [0.25, 0.3) is 0 Å². The van der Waals surface area contributed by atoms with Crippen molar-refractivity contribution in [2.45, 2.75) is 44.9 Å². The van der Waals surface area contributed by atoms with Crippen LogP contribution < -0.4 is 5.32 Å². The third-order valence-electron chi connectivity index (χ3n) is 4.22. The standard InChI is InChI=1S/C16H21N3OS/c1-11-12(10-18-19-11)4-3-8-17-16(20)14-5-2-6-15-13(14)7-9-21-15/h7,9-10,14H,2-6,8H2,1H3,(H,17,20)(H,18,19). The number of aryl methyl sites for hydroxylation is 3. The number of H-pyrrole nitrogens is 1. The zero-order valence-corrected chi connectivity index (χ0v) is 13.1. The Labute approximate surface area is 129 Å². The van der Waals surface area contributed by atoms with Crippen LogP contribution in [0.3, 0.4) is 0 Å². The topological polar surface area (TPSA) is 57.8 Å². The lowest BCUT2D eigenvalue weighted by atomic mass is 9.87. The number of carbonyl (C=O) groups is 1. The Bertz CT molecular complexity index is 617. The van der Waals surface area contributed by atoms with E-state index in [0.29, 0.717) is 0 Å². The summed E-state index contributed by atoms with van der Waals surface area (Å²) in [5, 5.41) is 12.2. The average Bonchev–Trinajstić information content (AvgIpc) is 3.11. The Balaban J connectivity index is 1.48. The van der Waals surface area contributed by atoms with E-state index in [1.54, 1.807) is 11.3 Å². The monoisotopic (exact) mass is 303 g/mol. The number of hydrogen-bond donors (Lipinski definition) is 2. The molecule has 2 N–H and O–H groups in total. The highest BCUT2D eigenvalue weighted by atomic mass is 32.1. The van der Waals surface area contributed by atoms with Gasteiger partial charge in [-0.3, -0.25) is 9.89 Å². The summed E-state index contributed by atoms with van der Waals surface area (Å²) in [7, 11) is 0. The molecule has 4 nitrogen and oxygen atoms in total. The average molecular weight is 303 g/mol. The first kappa shape index (κ1) is 14.3. The van der Waals surface area contributed by atoms with E-state index in [2.05, 4.69) is 27.0 Å². The summed E-state index contributed by atoms with van der Waals surface area (Å²) in [5.41, 5.74) is 3.62. The molecule has 0 aromatic carbocycles. The molecule has 0 spiro atoms. The van der Waals surface area contributed by atoms with Gasteiger partial charge in [0, 0.05) is 17.1 Å². The van der Waals surface area contributed by atoms with Crippen molar-refractivity contribution in [1.29, 1.82) is 0 Å². The van der Waals surface area contributed by atoms with Crippen LogP contribution in [0.25, 0.3) is 0 Å². The minimum Gasteiger partial charge on any atom is -0.356 e. The van der Waals surface area contributed by atoms with Crippen molar-refractivity contribution < 1.29 is 4.79 Å². The van der Waals surface area contributed by atoms with E-state index in [-0.39, 0.29) is 11.8 Å². The Hall–Kier alpha value is -1.62. The molecular weight excluding hydrogens is 282 g/mol. The summed E-state index contributed by atoms with van der Waals surface area (Å²) in [6.45, 7) is 2.76. The molecule has 0 fully saturated rings. The zero-order valence-electron chi connectivity index (χ0n) is 12.3. The van der Waals surface area contributed by atoms with Crippen molar-refractivity contribution in [2.75, 3.05) is 6.54 Å². The summed E-state index contributed by atoms with van der Waals surface area (Å²) in [6, 6.07) is 2.12. The van der Waals surface area contributed by atoms with Gasteiger partial charge >= 0.3 is 0 Å². The van der Waals surface area contributed by atoms with Crippen LogP contribution in [-0.2, 0) is 17.6 Å². The van der Waals surface area contributed by atoms with Crippen LogP contribution >= 0.6 is 11.3 Å². The van der Waals surface area contributed by atoms with E-state index < -0.39 is 0 Å². The molecule has 1 atom stereocenters. The second kappa shape index (κ2) is 6.43. The normalized spacial score (nSPS) is 17.5. The highest BCUT2D eigenvalue weighted by Gasteiger charge is 2.26. The van der Waals surface area contributed by atoms with Gasteiger partial charge in [0.2, 0.25) is 5.91 Å². The van der Waals surface area contributed by atoms with E-state index in [0.717, 1.165) is 44.3 Å². The maximum Gasteiger partial charge on any atom is 0.227 e. The minimum absolute atomic E-state index is 0.0654. The molecule has 0 saturated carbocycles. The summed E-state index contributed by atoms with van der Waals surface area (Å²) in [5.74, 6) is 0.258. The maximum absolute atomic E-state index is 12.4. The van der Waals surface area contributed by atoms with Crippen LogP contribution in [0.4, 0.5) is 0 Å². The second-order valence-corrected chi connectivity index (χ2v) is 6.66. The third kappa shape index (κ3) is 3.18. The van der Waals surface area contributed by atoms with E-state index in [4.69, 9.17) is 0 Å². The molecule has 21 heavy (non-hydrogen) atoms. The first-order valence-corrected chi connectivity index (χ1v) is 8.46. The number of thiophene rings is 1. The lowest BCUT2D eigenvalue weighted by Gasteiger charge is -2.21. The Morgan fingerprint density at radius 1 is 1.57 bits per heavy atom. The Morgan fingerprint density at radius 3 is 3.29 bits per heavy atom. The van der Waals surface area contributed by atoms with Crippen molar-refractivity contribution in [3.8, 4) is 0 Å². The number of aromatic amines is 1. The number of nitrogens with one attached hydrogen (secondary N) is 2. The van der Waals surface area contributed by atoms with Crippen LogP contribution in [0.1, 0.15) is 46.9 Å². The SMILES string of the molecule is Cc1[nH]ncc1CCCNC(=O)C1CCCc2sccc21. The number of hydrogen-bond acceptors (Lipinski definition) is 3. The summed E-state index contributed by atoms with van der Waals surface area (Å²) in [6.07, 6.45) is 7.02. The number of nitrogens with zero attached hydrogens (tertiary/aromatic N) is 1. The van der Waals surface area contributed by atoms with Crippen molar-refractivity contribution in [1.82, 2.24) is 15.5 Å². The number of aromatic nitrogens is 2. The molecular formula is C16H21N3OS. The molecule has 5 heteroatoms. The van der Waals surface area contributed by atoms with Crippen molar-refractivity contribution in [3.05, 3.63) is 39.3 Å².